The van der Waals surface area contributed by atoms with Crippen LogP contribution in [0.4, 0.5) is 27.8 Å². The standard InChI is InChI=1S/C13H12F5N3/c1-4(2)3-5-12(20-21-13(5)19)6-7(14)9(16)11(18)10(17)8(6)15/h4H,3H2,1-2H3,(H3,19,20,21). The number of aromatic amines is 1. The van der Waals surface area contributed by atoms with Gasteiger partial charge in [0.05, 0.1) is 11.3 Å². The van der Waals surface area contributed by atoms with Gasteiger partial charge in [-0.3, -0.25) is 5.10 Å². The minimum Gasteiger partial charge on any atom is -0.382 e. The summed E-state index contributed by atoms with van der Waals surface area (Å²) >= 11 is 0. The Balaban J connectivity index is 2.74. The number of hydrogen-bond acceptors (Lipinski definition) is 2. The Morgan fingerprint density at radius 3 is 1.90 bits per heavy atom. The molecule has 1 aromatic heterocycles. The number of nitrogens with two attached hydrogens (primary N) is 1. The Bertz CT molecular complexity index is 665. The van der Waals surface area contributed by atoms with Crippen LogP contribution in [0.1, 0.15) is 19.4 Å². The molecule has 0 saturated heterocycles. The first-order chi connectivity index (χ1) is 9.75. The highest BCUT2D eigenvalue weighted by atomic mass is 19.2. The number of nitrogens with one attached hydrogen (secondary N) is 1. The zero-order valence-corrected chi connectivity index (χ0v) is 11.2. The summed E-state index contributed by atoms with van der Waals surface area (Å²) in [6, 6.07) is 0. The lowest BCUT2D eigenvalue weighted by molar-refractivity contribution is 0.381. The molecule has 21 heavy (non-hydrogen) atoms. The number of halogens is 5. The number of H-pyrrole nitrogens is 1. The zero-order valence-electron chi connectivity index (χ0n) is 11.2. The van der Waals surface area contributed by atoms with Gasteiger partial charge in [-0.15, -0.1) is 0 Å². The molecule has 0 bridgehead atoms. The zero-order chi connectivity index (χ0) is 15.9. The first-order valence-corrected chi connectivity index (χ1v) is 6.10. The summed E-state index contributed by atoms with van der Waals surface area (Å²) in [7, 11) is 0. The lowest BCUT2D eigenvalue weighted by Gasteiger charge is -2.10. The van der Waals surface area contributed by atoms with Crippen LogP contribution in [0.5, 0.6) is 0 Å². The average Bonchev–Trinajstić information content (AvgIpc) is 2.76. The number of aromatic nitrogens is 2. The normalized spacial score (nSPS) is 11.4. The van der Waals surface area contributed by atoms with Crippen molar-refractivity contribution in [3.8, 4) is 11.3 Å². The SMILES string of the molecule is CC(C)Cc1c(N)n[nH]c1-c1c(F)c(F)c(F)c(F)c1F. The van der Waals surface area contributed by atoms with E-state index >= 15 is 0 Å². The lowest BCUT2D eigenvalue weighted by atomic mass is 9.98. The van der Waals surface area contributed by atoms with Crippen LogP contribution >= 0.6 is 0 Å². The van der Waals surface area contributed by atoms with Gasteiger partial charge < -0.3 is 5.73 Å². The van der Waals surface area contributed by atoms with Crippen LogP contribution in [-0.2, 0) is 6.42 Å². The molecular weight excluding hydrogens is 293 g/mol. The Morgan fingerprint density at radius 2 is 1.43 bits per heavy atom. The van der Waals surface area contributed by atoms with Crippen LogP contribution in [-0.4, -0.2) is 10.2 Å². The minimum atomic E-state index is -2.20. The summed E-state index contributed by atoms with van der Waals surface area (Å²) in [6.45, 7) is 3.63. The molecule has 0 fully saturated rings. The van der Waals surface area contributed by atoms with Crippen molar-refractivity contribution in [1.29, 1.82) is 0 Å². The summed E-state index contributed by atoms with van der Waals surface area (Å²) in [5, 5.41) is 5.83. The molecule has 0 aliphatic rings. The van der Waals surface area contributed by atoms with Crippen molar-refractivity contribution in [2.24, 2.45) is 5.92 Å². The van der Waals surface area contributed by atoms with Crippen molar-refractivity contribution in [3.63, 3.8) is 0 Å². The molecule has 0 unspecified atom stereocenters. The van der Waals surface area contributed by atoms with E-state index in [4.69, 9.17) is 5.73 Å². The number of rotatable bonds is 3. The molecule has 1 heterocycles. The number of hydrogen-bond donors (Lipinski definition) is 2. The topological polar surface area (TPSA) is 54.7 Å². The third kappa shape index (κ3) is 2.45. The van der Waals surface area contributed by atoms with Crippen molar-refractivity contribution in [1.82, 2.24) is 10.2 Å². The quantitative estimate of drug-likeness (QED) is 0.517. The molecule has 114 valence electrons. The van der Waals surface area contributed by atoms with Gasteiger partial charge in [0, 0.05) is 5.56 Å². The van der Waals surface area contributed by atoms with E-state index in [-0.39, 0.29) is 29.4 Å². The van der Waals surface area contributed by atoms with E-state index in [1.54, 1.807) is 0 Å². The fraction of sp³-hybridized carbons (Fsp3) is 0.308. The van der Waals surface area contributed by atoms with E-state index in [1.165, 1.54) is 0 Å². The average molecular weight is 305 g/mol. The minimum absolute atomic E-state index is 0.0392. The molecule has 0 spiro atoms. The van der Waals surface area contributed by atoms with Crippen LogP contribution < -0.4 is 5.73 Å². The Kier molecular flexibility index (Phi) is 3.89. The van der Waals surface area contributed by atoms with Crippen LogP contribution in [0.15, 0.2) is 0 Å². The molecule has 0 atom stereocenters. The first kappa shape index (κ1) is 15.3. The first-order valence-electron chi connectivity index (χ1n) is 6.10. The van der Waals surface area contributed by atoms with Gasteiger partial charge in [-0.25, -0.2) is 22.0 Å². The maximum atomic E-state index is 13.8. The summed E-state index contributed by atoms with van der Waals surface area (Å²) in [5.74, 6) is -10.0. The molecule has 3 N–H and O–H groups in total. The van der Waals surface area contributed by atoms with Gasteiger partial charge >= 0.3 is 0 Å². The van der Waals surface area contributed by atoms with Gasteiger partial charge in [-0.2, -0.15) is 5.10 Å². The van der Waals surface area contributed by atoms with Gasteiger partial charge in [-0.1, -0.05) is 13.8 Å². The molecule has 1 aromatic carbocycles. The predicted octanol–water partition coefficient (Wildman–Crippen LogP) is 3.55. The fourth-order valence-electron chi connectivity index (χ4n) is 2.03. The highest BCUT2D eigenvalue weighted by Gasteiger charge is 2.29. The van der Waals surface area contributed by atoms with Gasteiger partial charge in [0.2, 0.25) is 5.82 Å². The second kappa shape index (κ2) is 5.34. The van der Waals surface area contributed by atoms with E-state index in [0.29, 0.717) is 0 Å². The number of nitrogen functional groups attached to an aromatic ring is 1. The second-order valence-electron chi connectivity index (χ2n) is 5.01. The molecule has 0 amide bonds. The summed E-state index contributed by atoms with van der Waals surface area (Å²) in [4.78, 5) is 0. The van der Waals surface area contributed by atoms with Crippen LogP contribution in [0, 0.1) is 35.0 Å². The van der Waals surface area contributed by atoms with Crippen LogP contribution in [0.2, 0.25) is 0 Å². The van der Waals surface area contributed by atoms with Gasteiger partial charge in [0.1, 0.15) is 5.82 Å². The van der Waals surface area contributed by atoms with Crippen molar-refractivity contribution in [3.05, 3.63) is 34.6 Å². The van der Waals surface area contributed by atoms with Crippen molar-refractivity contribution < 1.29 is 22.0 Å². The summed E-state index contributed by atoms with van der Waals surface area (Å²) in [5.41, 5.74) is 4.45. The predicted molar refractivity (Wildman–Crippen MR) is 66.8 cm³/mol. The smallest absolute Gasteiger partial charge is 0.200 e. The molecule has 0 radical (unpaired) electrons. The maximum absolute atomic E-state index is 13.8. The molecule has 0 aliphatic carbocycles. The van der Waals surface area contributed by atoms with Gasteiger partial charge in [0.15, 0.2) is 23.3 Å². The summed E-state index contributed by atoms with van der Waals surface area (Å²) in [6.07, 6.45) is 0.275. The summed E-state index contributed by atoms with van der Waals surface area (Å²) < 4.78 is 67.2. The van der Waals surface area contributed by atoms with E-state index in [1.807, 2.05) is 13.8 Å². The monoisotopic (exact) mass is 305 g/mol. The lowest BCUT2D eigenvalue weighted by Crippen LogP contribution is -2.06. The van der Waals surface area contributed by atoms with Crippen molar-refractivity contribution in [2.75, 3.05) is 5.73 Å². The third-order valence-corrected chi connectivity index (χ3v) is 2.97. The van der Waals surface area contributed by atoms with Gasteiger partial charge in [-0.05, 0) is 12.3 Å². The second-order valence-corrected chi connectivity index (χ2v) is 5.01. The highest BCUT2D eigenvalue weighted by Crippen LogP contribution is 2.34. The van der Waals surface area contributed by atoms with Gasteiger partial charge in [0.25, 0.3) is 0 Å². The van der Waals surface area contributed by atoms with Crippen LogP contribution in [0.3, 0.4) is 0 Å². The molecular formula is C13H12F5N3. The van der Waals surface area contributed by atoms with E-state index in [9.17, 15) is 22.0 Å². The van der Waals surface area contributed by atoms with E-state index in [2.05, 4.69) is 10.2 Å². The molecule has 2 rings (SSSR count). The highest BCUT2D eigenvalue weighted by molar-refractivity contribution is 5.69. The molecule has 0 saturated carbocycles. The molecule has 2 aromatic rings. The fourth-order valence-corrected chi connectivity index (χ4v) is 2.03. The number of nitrogens with zero attached hydrogens (tertiary/aromatic N) is 1. The van der Waals surface area contributed by atoms with Crippen molar-refractivity contribution in [2.45, 2.75) is 20.3 Å². The molecule has 0 aliphatic heterocycles. The van der Waals surface area contributed by atoms with Crippen molar-refractivity contribution >= 4 is 5.82 Å². The number of anilines is 1. The van der Waals surface area contributed by atoms with Crippen LogP contribution in [0.25, 0.3) is 11.3 Å². The Morgan fingerprint density at radius 1 is 0.952 bits per heavy atom. The Hall–Kier alpha value is -2.12. The maximum Gasteiger partial charge on any atom is 0.200 e. The third-order valence-electron chi connectivity index (χ3n) is 2.97. The Labute approximate surface area is 117 Å². The van der Waals surface area contributed by atoms with E-state index < -0.39 is 34.6 Å². The van der Waals surface area contributed by atoms with E-state index in [0.717, 1.165) is 0 Å². The molecule has 8 heteroatoms. The number of benzene rings is 1. The largest absolute Gasteiger partial charge is 0.382 e. The molecule has 3 nitrogen and oxygen atoms in total.